The lowest BCUT2D eigenvalue weighted by atomic mass is 9.73. The molecule has 9 N–H and O–H groups in total. The van der Waals surface area contributed by atoms with Crippen molar-refractivity contribution in [3.05, 3.63) is 0 Å². The second-order valence-electron chi connectivity index (χ2n) is 15.3. The van der Waals surface area contributed by atoms with Gasteiger partial charge in [0.15, 0.2) is 0 Å². The van der Waals surface area contributed by atoms with E-state index in [0.717, 1.165) is 7.11 Å². The first-order chi connectivity index (χ1) is 27.8. The summed E-state index contributed by atoms with van der Waals surface area (Å²) >= 11 is 0. The van der Waals surface area contributed by atoms with E-state index in [1.807, 2.05) is 27.7 Å². The van der Waals surface area contributed by atoms with E-state index < -0.39 is 116 Å². The summed E-state index contributed by atoms with van der Waals surface area (Å²) in [4.78, 5) is 51.5. The van der Waals surface area contributed by atoms with Crippen molar-refractivity contribution in [1.82, 2.24) is 16.0 Å². The summed E-state index contributed by atoms with van der Waals surface area (Å²) in [7, 11) is 3.98. The van der Waals surface area contributed by atoms with Crippen molar-refractivity contribution in [2.45, 2.75) is 114 Å². The fraction of sp³-hybridized carbons (Fsp3) is 0.892. The summed E-state index contributed by atoms with van der Waals surface area (Å²) in [6.45, 7) is 7.34. The lowest BCUT2D eigenvalue weighted by molar-refractivity contribution is -0.330. The smallest absolute Gasteiger partial charge is 0.407 e. The van der Waals surface area contributed by atoms with E-state index in [4.69, 9.17) is 42.6 Å². The number of aliphatic hydroxyl groups is 6. The van der Waals surface area contributed by atoms with Crippen LogP contribution in [-0.4, -0.2) is 202 Å². The third-order valence-corrected chi connectivity index (χ3v) is 9.98. The first-order valence-electron chi connectivity index (χ1n) is 19.6. The molecule has 59 heavy (non-hydrogen) atoms. The molecule has 0 spiro atoms. The molecule has 2 rings (SSSR count). The molecule has 0 bridgehead atoms. The SMILES string of the molecule is COCCOCC(COC(=O)NCC(=O)N[C@H]1C([C@H](O)[C@H](O)CO)O[C@@](OCC2O[C@@](NC(C)=O)(C(C(C)C)C(C)C)C[C@@H](O)[C@H]2O)(C(=O)OC)C[C@H]1O)OCCOC. The van der Waals surface area contributed by atoms with Gasteiger partial charge in [-0.3, -0.25) is 9.59 Å². The topological polar surface area (TPSA) is 309 Å². The van der Waals surface area contributed by atoms with Crippen LogP contribution in [0.4, 0.5) is 4.79 Å². The first-order valence-corrected chi connectivity index (χ1v) is 19.6. The number of methoxy groups -OCH3 is 3. The zero-order valence-electron chi connectivity index (χ0n) is 35.2. The van der Waals surface area contributed by atoms with Crippen LogP contribution in [0.3, 0.4) is 0 Å². The van der Waals surface area contributed by atoms with Crippen LogP contribution in [-0.2, 0) is 57.0 Å². The molecule has 0 aliphatic carbocycles. The highest BCUT2D eigenvalue weighted by molar-refractivity contribution is 5.82. The Hall–Kier alpha value is -2.84. The molecule has 22 nitrogen and oxygen atoms in total. The highest BCUT2D eigenvalue weighted by Crippen LogP contribution is 2.42. The fourth-order valence-electron chi connectivity index (χ4n) is 7.54. The molecule has 2 fully saturated rings. The second kappa shape index (κ2) is 25.2. The van der Waals surface area contributed by atoms with Gasteiger partial charge in [0.1, 0.15) is 55.5 Å². The van der Waals surface area contributed by atoms with Gasteiger partial charge in [-0.25, -0.2) is 9.59 Å². The Labute approximate surface area is 344 Å². The summed E-state index contributed by atoms with van der Waals surface area (Å²) in [5.41, 5.74) is -1.50. The average Bonchev–Trinajstić information content (AvgIpc) is 3.17. The standard InChI is InChI=1S/C37H67N3O19/c1-20(2)29(21(3)4)36(40-22(5)42)13-25(44)31(47)27(58-36)19-57-37(34(49)53-8)14-24(43)30(33(59-37)32(48)26(45)16-41)39-28(46)15-38-35(50)56-18-23(55-12-10-52-7)17-54-11-9-51-6/h20-21,23-27,29-33,41,43-45,47-48H,9-19H2,1-8H3,(H,38,50)(H,39,46)(H,40,42)/t23?,24-,25-,26-,27?,30-,31-,32-,33?,36-,37-/m1/s1. The molecule has 0 aromatic rings. The van der Waals surface area contributed by atoms with Crippen LogP contribution < -0.4 is 16.0 Å². The molecular weight excluding hydrogens is 790 g/mol. The maximum absolute atomic E-state index is 13.4. The van der Waals surface area contributed by atoms with Crippen LogP contribution in [0.25, 0.3) is 0 Å². The number of hydrogen-bond donors (Lipinski definition) is 9. The maximum Gasteiger partial charge on any atom is 0.407 e. The molecule has 0 radical (unpaired) electrons. The van der Waals surface area contributed by atoms with Crippen molar-refractivity contribution in [2.75, 3.05) is 80.7 Å². The van der Waals surface area contributed by atoms with Crippen molar-refractivity contribution in [3.63, 3.8) is 0 Å². The van der Waals surface area contributed by atoms with E-state index in [0.29, 0.717) is 6.61 Å². The molecule has 3 amide bonds. The third-order valence-electron chi connectivity index (χ3n) is 9.98. The minimum atomic E-state index is -2.59. The van der Waals surface area contributed by atoms with Crippen molar-refractivity contribution < 1.29 is 92.4 Å². The van der Waals surface area contributed by atoms with Gasteiger partial charge in [0, 0.05) is 39.9 Å². The molecular formula is C37H67N3O19. The molecule has 0 saturated carbocycles. The summed E-state index contributed by atoms with van der Waals surface area (Å²) < 4.78 is 49.3. The van der Waals surface area contributed by atoms with Gasteiger partial charge in [-0.2, -0.15) is 0 Å². The first kappa shape index (κ1) is 52.3. The summed E-state index contributed by atoms with van der Waals surface area (Å²) in [5, 5.41) is 72.2. The summed E-state index contributed by atoms with van der Waals surface area (Å²) in [5.74, 6) is -5.80. The molecule has 2 aliphatic heterocycles. The minimum absolute atomic E-state index is 0.0609. The van der Waals surface area contributed by atoms with E-state index in [1.54, 1.807) is 0 Å². The number of amides is 3. The van der Waals surface area contributed by atoms with Crippen molar-refractivity contribution in [3.8, 4) is 0 Å². The fourth-order valence-corrected chi connectivity index (χ4v) is 7.54. The molecule has 2 saturated heterocycles. The molecule has 0 aromatic heterocycles. The van der Waals surface area contributed by atoms with Crippen LogP contribution in [0.2, 0.25) is 0 Å². The van der Waals surface area contributed by atoms with E-state index in [9.17, 15) is 49.8 Å². The van der Waals surface area contributed by atoms with E-state index in [-0.39, 0.29) is 57.2 Å². The molecule has 11 atom stereocenters. The molecule has 22 heteroatoms. The molecule has 0 aromatic carbocycles. The van der Waals surface area contributed by atoms with Crippen LogP contribution >= 0.6 is 0 Å². The average molecular weight is 858 g/mol. The Morgan fingerprint density at radius 3 is 2.08 bits per heavy atom. The Balaban J connectivity index is 2.28. The monoisotopic (exact) mass is 857 g/mol. The van der Waals surface area contributed by atoms with Gasteiger partial charge in [-0.05, 0) is 11.8 Å². The second-order valence-corrected chi connectivity index (χ2v) is 15.3. The Bertz CT molecular complexity index is 1290. The van der Waals surface area contributed by atoms with Gasteiger partial charge >= 0.3 is 12.1 Å². The number of ether oxygens (including phenoxy) is 9. The predicted octanol–water partition coefficient (Wildman–Crippen LogP) is -3.09. The number of carbonyl (C=O) groups excluding carboxylic acids is 4. The molecule has 3 unspecified atom stereocenters. The van der Waals surface area contributed by atoms with Crippen LogP contribution in [0.1, 0.15) is 47.5 Å². The Kier molecular flexibility index (Phi) is 22.3. The van der Waals surface area contributed by atoms with Crippen molar-refractivity contribution in [1.29, 1.82) is 0 Å². The Morgan fingerprint density at radius 1 is 0.864 bits per heavy atom. The number of hydrogen-bond acceptors (Lipinski definition) is 19. The number of alkyl carbamates (subject to hydrolysis) is 1. The van der Waals surface area contributed by atoms with Gasteiger partial charge < -0.3 is 89.2 Å². The largest absolute Gasteiger partial charge is 0.465 e. The van der Waals surface area contributed by atoms with Gasteiger partial charge in [-0.1, -0.05) is 27.7 Å². The lowest BCUT2D eigenvalue weighted by Gasteiger charge is -2.52. The van der Waals surface area contributed by atoms with Gasteiger partial charge in [0.2, 0.25) is 11.8 Å². The zero-order valence-corrected chi connectivity index (χ0v) is 35.2. The normalized spacial score (nSPS) is 28.8. The van der Waals surface area contributed by atoms with Gasteiger partial charge in [0.25, 0.3) is 5.79 Å². The van der Waals surface area contributed by atoms with Crippen molar-refractivity contribution >= 4 is 23.9 Å². The molecule has 344 valence electrons. The number of nitrogens with one attached hydrogen (secondary N) is 3. The number of aliphatic hydroxyl groups excluding tert-OH is 6. The van der Waals surface area contributed by atoms with Crippen LogP contribution in [0.5, 0.6) is 0 Å². The zero-order chi connectivity index (χ0) is 44.5. The van der Waals surface area contributed by atoms with Gasteiger partial charge in [-0.15, -0.1) is 0 Å². The predicted molar refractivity (Wildman–Crippen MR) is 202 cm³/mol. The number of esters is 1. The number of rotatable bonds is 25. The van der Waals surface area contributed by atoms with Crippen molar-refractivity contribution in [2.24, 2.45) is 17.8 Å². The number of carbonyl (C=O) groups is 4. The highest BCUT2D eigenvalue weighted by Gasteiger charge is 2.58. The van der Waals surface area contributed by atoms with Gasteiger partial charge in [0.05, 0.1) is 71.6 Å². The van der Waals surface area contributed by atoms with Crippen LogP contribution in [0, 0.1) is 17.8 Å². The minimum Gasteiger partial charge on any atom is -0.465 e. The van der Waals surface area contributed by atoms with E-state index >= 15 is 0 Å². The van der Waals surface area contributed by atoms with E-state index in [1.165, 1.54) is 21.1 Å². The van der Waals surface area contributed by atoms with Crippen LogP contribution in [0.15, 0.2) is 0 Å². The maximum atomic E-state index is 13.4. The summed E-state index contributed by atoms with van der Waals surface area (Å²) in [6, 6.07) is -1.59. The van der Waals surface area contributed by atoms with E-state index in [2.05, 4.69) is 16.0 Å². The molecule has 2 heterocycles. The third kappa shape index (κ3) is 15.2. The lowest BCUT2D eigenvalue weighted by Crippen LogP contribution is -2.70. The Morgan fingerprint density at radius 2 is 1.51 bits per heavy atom. The summed E-state index contributed by atoms with van der Waals surface area (Å²) in [6.07, 6.45) is -14.8. The highest BCUT2D eigenvalue weighted by atomic mass is 16.7. The molecule has 2 aliphatic rings. The quantitative estimate of drug-likeness (QED) is 0.0325.